The predicted molar refractivity (Wildman–Crippen MR) is 219 cm³/mol. The fourth-order valence-corrected chi connectivity index (χ4v) is 9.37. The molecule has 1 atom stereocenters. The molecule has 0 spiro atoms. The second-order valence-corrected chi connectivity index (χ2v) is 14.6. The lowest BCUT2D eigenvalue weighted by Gasteiger charge is -2.28. The van der Waals surface area contributed by atoms with Gasteiger partial charge >= 0.3 is 0 Å². The quantitative estimate of drug-likeness (QED) is 0.182. The molecule has 0 fully saturated rings. The number of fused-ring (bicyclic) bond motifs is 15. The van der Waals surface area contributed by atoms with Crippen molar-refractivity contribution in [1.82, 2.24) is 4.57 Å². The smallest absolute Gasteiger partial charge is 0.145 e. The van der Waals surface area contributed by atoms with Gasteiger partial charge in [-0.1, -0.05) is 103 Å². The van der Waals surface area contributed by atoms with Gasteiger partial charge in [0.25, 0.3) is 0 Å². The largest absolute Gasteiger partial charge is 0.455 e. The summed E-state index contributed by atoms with van der Waals surface area (Å²) in [4.78, 5) is 8.09. The van der Waals surface area contributed by atoms with Crippen molar-refractivity contribution >= 4 is 72.1 Å². The van der Waals surface area contributed by atoms with Crippen LogP contribution in [-0.4, -0.2) is 16.8 Å². The Bertz CT molecular complexity index is 3020. The maximum Gasteiger partial charge on any atom is 0.145 e. The third-order valence-corrected chi connectivity index (χ3v) is 11.6. The second kappa shape index (κ2) is 10.9. The van der Waals surface area contributed by atoms with E-state index in [0.29, 0.717) is 5.92 Å². The fraction of sp³-hybridized carbons (Fsp3) is 0.0816. The van der Waals surface area contributed by atoms with E-state index in [-0.39, 0.29) is 0 Å². The number of hydrogen-bond acceptors (Lipinski definition) is 3. The Kier molecular flexibility index (Phi) is 5.98. The Labute approximate surface area is 306 Å². The molecule has 2 aromatic heterocycles. The van der Waals surface area contributed by atoms with Gasteiger partial charge in [0, 0.05) is 50.8 Å². The number of para-hydroxylation sites is 2. The van der Waals surface area contributed by atoms with Crippen LogP contribution in [0.5, 0.6) is 0 Å². The lowest BCUT2D eigenvalue weighted by atomic mass is 9.83. The minimum absolute atomic E-state index is 0.309. The summed E-state index contributed by atoms with van der Waals surface area (Å²) in [5.74, 6) is 0.309. The minimum atomic E-state index is 0.309. The highest BCUT2D eigenvalue weighted by atomic mass is 16.3. The molecule has 4 heteroatoms. The molecule has 250 valence electrons. The number of nitrogens with zero attached hydrogens (tertiary/aromatic N) is 3. The van der Waals surface area contributed by atoms with Gasteiger partial charge in [-0.2, -0.15) is 0 Å². The zero-order valence-electron chi connectivity index (χ0n) is 29.0. The molecule has 1 unspecified atom stereocenters. The second-order valence-electron chi connectivity index (χ2n) is 14.6. The molecule has 0 radical (unpaired) electrons. The normalized spacial score (nSPS) is 17.5. The number of benzene rings is 6. The summed E-state index contributed by atoms with van der Waals surface area (Å²) in [7, 11) is 0. The molecule has 6 aromatic carbocycles. The molecule has 5 heterocycles. The van der Waals surface area contributed by atoms with E-state index in [1.165, 1.54) is 44.6 Å². The third kappa shape index (κ3) is 4.21. The molecule has 8 aromatic rings. The van der Waals surface area contributed by atoms with Crippen molar-refractivity contribution in [3.05, 3.63) is 186 Å². The number of rotatable bonds is 2. The number of allylic oxidation sites excluding steroid dienone is 6. The van der Waals surface area contributed by atoms with Crippen LogP contribution in [0.3, 0.4) is 0 Å². The van der Waals surface area contributed by atoms with Gasteiger partial charge in [-0.15, -0.1) is 0 Å². The van der Waals surface area contributed by atoms with E-state index in [0.717, 1.165) is 80.5 Å². The van der Waals surface area contributed by atoms with Crippen LogP contribution >= 0.6 is 0 Å². The first-order chi connectivity index (χ1) is 26.3. The molecular weight excluding hydrogens is 647 g/mol. The van der Waals surface area contributed by atoms with E-state index in [4.69, 9.17) is 9.41 Å². The van der Waals surface area contributed by atoms with Crippen LogP contribution in [0.2, 0.25) is 0 Å². The Morgan fingerprint density at radius 2 is 1.47 bits per heavy atom. The van der Waals surface area contributed by atoms with Gasteiger partial charge in [-0.25, -0.2) is 4.99 Å². The Morgan fingerprint density at radius 3 is 2.38 bits per heavy atom. The maximum atomic E-state index is 6.77. The van der Waals surface area contributed by atoms with Crippen LogP contribution in [0, 0.1) is 5.92 Å². The van der Waals surface area contributed by atoms with Crippen molar-refractivity contribution in [2.75, 3.05) is 11.4 Å². The average Bonchev–Trinajstić information content (AvgIpc) is 3.62. The number of aliphatic imine (C=N–C) groups is 1. The molecule has 0 saturated heterocycles. The van der Waals surface area contributed by atoms with Gasteiger partial charge in [0.15, 0.2) is 0 Å². The van der Waals surface area contributed by atoms with Crippen molar-refractivity contribution in [2.24, 2.45) is 10.9 Å². The van der Waals surface area contributed by atoms with Crippen LogP contribution in [0.4, 0.5) is 11.4 Å². The lowest BCUT2D eigenvalue weighted by Crippen LogP contribution is -2.23. The molecule has 0 saturated carbocycles. The van der Waals surface area contributed by atoms with E-state index in [9.17, 15) is 0 Å². The summed E-state index contributed by atoms with van der Waals surface area (Å²) >= 11 is 0. The van der Waals surface area contributed by atoms with Crippen LogP contribution < -0.4 is 4.90 Å². The number of hydrogen-bond donors (Lipinski definition) is 0. The van der Waals surface area contributed by atoms with Crippen molar-refractivity contribution in [2.45, 2.75) is 12.8 Å². The highest BCUT2D eigenvalue weighted by Gasteiger charge is 2.34. The topological polar surface area (TPSA) is 33.7 Å². The fourth-order valence-electron chi connectivity index (χ4n) is 9.37. The molecule has 0 N–H and O–H groups in total. The zero-order valence-corrected chi connectivity index (χ0v) is 29.0. The first-order valence-electron chi connectivity index (χ1n) is 18.6. The summed E-state index contributed by atoms with van der Waals surface area (Å²) in [6.07, 6.45) is 11.4. The summed E-state index contributed by atoms with van der Waals surface area (Å²) < 4.78 is 9.28. The number of furan rings is 1. The van der Waals surface area contributed by atoms with Gasteiger partial charge in [-0.05, 0) is 90.1 Å². The summed E-state index contributed by atoms with van der Waals surface area (Å²) in [5.41, 5.74) is 17.2. The summed E-state index contributed by atoms with van der Waals surface area (Å²) in [6.45, 7) is 0.885. The van der Waals surface area contributed by atoms with Crippen molar-refractivity contribution in [3.63, 3.8) is 0 Å². The van der Waals surface area contributed by atoms with Crippen molar-refractivity contribution in [1.29, 1.82) is 0 Å². The van der Waals surface area contributed by atoms with Crippen molar-refractivity contribution < 1.29 is 4.42 Å². The van der Waals surface area contributed by atoms with Crippen LogP contribution in [0.15, 0.2) is 178 Å². The molecule has 4 aliphatic rings. The van der Waals surface area contributed by atoms with E-state index < -0.39 is 0 Å². The molecule has 12 rings (SSSR count). The zero-order chi connectivity index (χ0) is 34.6. The van der Waals surface area contributed by atoms with Gasteiger partial charge in [0.05, 0.1) is 33.5 Å². The lowest BCUT2D eigenvalue weighted by molar-refractivity contribution is 0.672. The van der Waals surface area contributed by atoms with E-state index in [1.807, 2.05) is 0 Å². The maximum absolute atomic E-state index is 6.77. The molecular formula is C49H33N3O. The number of anilines is 2. The van der Waals surface area contributed by atoms with Crippen LogP contribution in [0.25, 0.3) is 60.7 Å². The molecule has 53 heavy (non-hydrogen) atoms. The molecule has 0 amide bonds. The van der Waals surface area contributed by atoms with Crippen LogP contribution in [-0.2, 0) is 0 Å². The van der Waals surface area contributed by atoms with Crippen molar-refractivity contribution in [3.8, 4) is 5.69 Å². The summed E-state index contributed by atoms with van der Waals surface area (Å²) in [5, 5.41) is 4.65. The van der Waals surface area contributed by atoms with Gasteiger partial charge < -0.3 is 13.9 Å². The van der Waals surface area contributed by atoms with E-state index >= 15 is 0 Å². The van der Waals surface area contributed by atoms with Gasteiger partial charge in [-0.3, -0.25) is 0 Å². The minimum Gasteiger partial charge on any atom is -0.455 e. The van der Waals surface area contributed by atoms with E-state index in [2.05, 4.69) is 167 Å². The first-order valence-corrected chi connectivity index (χ1v) is 18.6. The third-order valence-electron chi connectivity index (χ3n) is 11.6. The summed E-state index contributed by atoms with van der Waals surface area (Å²) in [6, 6.07) is 48.2. The average molecular weight is 680 g/mol. The van der Waals surface area contributed by atoms with E-state index in [1.54, 1.807) is 0 Å². The number of aromatic nitrogens is 1. The Balaban J connectivity index is 1.24. The molecule has 1 aliphatic carbocycles. The Hall–Kier alpha value is -6.65. The van der Waals surface area contributed by atoms with Crippen LogP contribution in [0.1, 0.15) is 29.5 Å². The monoisotopic (exact) mass is 679 g/mol. The molecule has 5 bridgehead atoms. The first kappa shape index (κ1) is 29.0. The SMILES string of the molecule is C1=C2C=C3CC1CN(c1ccccc1)c1ccc4c5c6oc7ccccc7c6ccc5n(c4c13)-c1cccc(c1)C1=NC(c3ccccc3)=CCC=C21. The predicted octanol–water partition coefficient (Wildman–Crippen LogP) is 12.3. The highest BCUT2D eigenvalue weighted by Crippen LogP contribution is 2.51. The molecule has 4 nitrogen and oxygen atoms in total. The standard InChI is InChI=1S/C49H33N3O/c1-3-11-31(12-4-1)41-19-10-18-37-33-25-30-26-34(27-33)45-42(51(29-30)35-14-5-2-6-15-35)23-22-40-46-43(24-21-39-38-17-7-8-20-44(38)53-49(39)46)52(48(40)45)36-16-9-13-32(28-36)47(37)50-41/h1-9,11-25,27-28,30H,10,26,29H2. The molecule has 3 aliphatic heterocycles. The van der Waals surface area contributed by atoms with Gasteiger partial charge in [0.2, 0.25) is 0 Å². The Morgan fingerprint density at radius 1 is 0.679 bits per heavy atom. The highest BCUT2D eigenvalue weighted by molar-refractivity contribution is 6.26. The van der Waals surface area contributed by atoms with Gasteiger partial charge in [0.1, 0.15) is 11.2 Å².